The number of carbonyl (C=O) groups is 2. The van der Waals surface area contributed by atoms with E-state index in [0.717, 1.165) is 6.29 Å². The fraction of sp³-hybridized carbons (Fsp3) is 0.714. The summed E-state index contributed by atoms with van der Waals surface area (Å²) in [5.41, 5.74) is 0. The molecule has 0 spiro atoms. The van der Waals surface area contributed by atoms with Gasteiger partial charge >= 0.3 is 0 Å². The van der Waals surface area contributed by atoms with Gasteiger partial charge in [0.2, 0.25) is 0 Å². The molecule has 0 rings (SSSR count). The molecule has 0 aliphatic rings. The highest BCUT2D eigenvalue weighted by molar-refractivity contribution is 5.64. The third-order valence-electron chi connectivity index (χ3n) is 1.27. The standard InChI is InChI=1S/C7H12O3/c1-6(5-8)3-2-4-7(9)10/h5-6H,2-4H2,1H3,(H,9,10)/p-1. The smallest absolute Gasteiger partial charge is 0.122 e. The van der Waals surface area contributed by atoms with Crippen molar-refractivity contribution < 1.29 is 14.7 Å². The zero-order chi connectivity index (χ0) is 7.98. The molecule has 1 atom stereocenters. The Morgan fingerprint density at radius 3 is 2.70 bits per heavy atom. The van der Waals surface area contributed by atoms with E-state index in [2.05, 4.69) is 0 Å². The Balaban J connectivity index is 3.19. The summed E-state index contributed by atoms with van der Waals surface area (Å²) < 4.78 is 0. The van der Waals surface area contributed by atoms with Crippen molar-refractivity contribution in [1.29, 1.82) is 0 Å². The molecule has 3 nitrogen and oxygen atoms in total. The quantitative estimate of drug-likeness (QED) is 0.498. The molecule has 0 fully saturated rings. The van der Waals surface area contributed by atoms with Gasteiger partial charge in [-0.15, -0.1) is 0 Å². The van der Waals surface area contributed by atoms with E-state index < -0.39 is 5.97 Å². The van der Waals surface area contributed by atoms with Crippen LogP contribution in [0.25, 0.3) is 0 Å². The summed E-state index contributed by atoms with van der Waals surface area (Å²) >= 11 is 0. The number of carbonyl (C=O) groups excluding carboxylic acids is 2. The minimum atomic E-state index is -1.04. The van der Waals surface area contributed by atoms with Crippen LogP contribution in [-0.4, -0.2) is 12.3 Å². The molecular weight excluding hydrogens is 132 g/mol. The minimum absolute atomic E-state index is 0.0284. The number of aldehydes is 1. The second kappa shape index (κ2) is 4.97. The zero-order valence-electron chi connectivity index (χ0n) is 6.00. The van der Waals surface area contributed by atoms with Crippen molar-refractivity contribution in [3.8, 4) is 0 Å². The van der Waals surface area contributed by atoms with Crippen molar-refractivity contribution in [3.63, 3.8) is 0 Å². The van der Waals surface area contributed by atoms with Crippen LogP contribution < -0.4 is 5.11 Å². The summed E-state index contributed by atoms with van der Waals surface area (Å²) in [4.78, 5) is 19.9. The number of hydrogen-bond acceptors (Lipinski definition) is 3. The van der Waals surface area contributed by atoms with Gasteiger partial charge in [-0.05, 0) is 19.3 Å². The highest BCUT2D eigenvalue weighted by Crippen LogP contribution is 2.03. The second-order valence-corrected chi connectivity index (χ2v) is 2.38. The molecule has 0 aromatic rings. The Hall–Kier alpha value is -0.860. The highest BCUT2D eigenvalue weighted by atomic mass is 16.4. The van der Waals surface area contributed by atoms with E-state index in [1.165, 1.54) is 0 Å². The molecule has 0 aliphatic carbocycles. The lowest BCUT2D eigenvalue weighted by molar-refractivity contribution is -0.305. The second-order valence-electron chi connectivity index (χ2n) is 2.38. The average molecular weight is 143 g/mol. The maximum absolute atomic E-state index is 10.0. The molecule has 0 aromatic carbocycles. The monoisotopic (exact) mass is 143 g/mol. The van der Waals surface area contributed by atoms with Gasteiger partial charge < -0.3 is 14.7 Å². The van der Waals surface area contributed by atoms with E-state index in [1.54, 1.807) is 6.92 Å². The Kier molecular flexibility index (Phi) is 4.54. The largest absolute Gasteiger partial charge is 0.550 e. The van der Waals surface area contributed by atoms with Crippen molar-refractivity contribution in [2.24, 2.45) is 5.92 Å². The fourth-order valence-corrected chi connectivity index (χ4v) is 0.636. The molecule has 0 saturated carbocycles. The summed E-state index contributed by atoms with van der Waals surface area (Å²) in [6.45, 7) is 1.77. The van der Waals surface area contributed by atoms with Crippen LogP contribution in [0.3, 0.4) is 0 Å². The molecule has 3 heteroatoms. The van der Waals surface area contributed by atoms with Crippen LogP contribution in [0.4, 0.5) is 0 Å². The van der Waals surface area contributed by atoms with Crippen LogP contribution in [0.1, 0.15) is 26.2 Å². The normalized spacial score (nSPS) is 12.5. The van der Waals surface area contributed by atoms with Crippen molar-refractivity contribution in [2.45, 2.75) is 26.2 Å². The van der Waals surface area contributed by atoms with Gasteiger partial charge in [0.25, 0.3) is 0 Å². The van der Waals surface area contributed by atoms with Gasteiger partial charge in [-0.3, -0.25) is 0 Å². The SMILES string of the molecule is CC(C=O)CCCC(=O)[O-]. The molecule has 58 valence electrons. The molecule has 0 saturated heterocycles. The maximum Gasteiger partial charge on any atom is 0.122 e. The van der Waals surface area contributed by atoms with E-state index in [4.69, 9.17) is 0 Å². The van der Waals surface area contributed by atoms with Crippen LogP contribution in [0.2, 0.25) is 0 Å². The highest BCUT2D eigenvalue weighted by Gasteiger charge is 1.97. The minimum Gasteiger partial charge on any atom is -0.550 e. The van der Waals surface area contributed by atoms with Crippen LogP contribution in [0.5, 0.6) is 0 Å². The predicted molar refractivity (Wildman–Crippen MR) is 34.1 cm³/mol. The summed E-state index contributed by atoms with van der Waals surface area (Å²) in [7, 11) is 0. The molecule has 0 amide bonds. The maximum atomic E-state index is 10.0. The molecule has 10 heavy (non-hydrogen) atoms. The topological polar surface area (TPSA) is 57.2 Å². The number of hydrogen-bond donors (Lipinski definition) is 0. The van der Waals surface area contributed by atoms with Crippen molar-refractivity contribution in [2.75, 3.05) is 0 Å². The van der Waals surface area contributed by atoms with Crippen molar-refractivity contribution in [1.82, 2.24) is 0 Å². The van der Waals surface area contributed by atoms with Crippen LogP contribution in [0, 0.1) is 5.92 Å². The van der Waals surface area contributed by atoms with E-state index in [-0.39, 0.29) is 12.3 Å². The molecule has 0 heterocycles. The van der Waals surface area contributed by atoms with Crippen molar-refractivity contribution >= 4 is 12.3 Å². The van der Waals surface area contributed by atoms with E-state index >= 15 is 0 Å². The molecule has 0 bridgehead atoms. The van der Waals surface area contributed by atoms with E-state index in [0.29, 0.717) is 12.8 Å². The molecule has 0 N–H and O–H groups in total. The first-order chi connectivity index (χ1) is 4.66. The van der Waals surface area contributed by atoms with Crippen LogP contribution in [-0.2, 0) is 9.59 Å². The lowest BCUT2D eigenvalue weighted by Crippen LogP contribution is -2.21. The summed E-state index contributed by atoms with van der Waals surface area (Å²) in [5.74, 6) is -1.07. The van der Waals surface area contributed by atoms with Crippen LogP contribution >= 0.6 is 0 Å². The van der Waals surface area contributed by atoms with Crippen molar-refractivity contribution in [3.05, 3.63) is 0 Å². The average Bonchev–Trinajstić information content (AvgIpc) is 1.87. The first-order valence-electron chi connectivity index (χ1n) is 3.32. The first kappa shape index (κ1) is 9.14. The van der Waals surface area contributed by atoms with Gasteiger partial charge in [0.1, 0.15) is 6.29 Å². The predicted octanol–water partition coefficient (Wildman–Crippen LogP) is -0.258. The van der Waals surface area contributed by atoms with Gasteiger partial charge in [0.05, 0.1) is 0 Å². The Morgan fingerprint density at radius 1 is 1.70 bits per heavy atom. The number of aliphatic carboxylic acids is 1. The third kappa shape index (κ3) is 5.28. The Morgan fingerprint density at radius 2 is 2.30 bits per heavy atom. The lowest BCUT2D eigenvalue weighted by Gasteiger charge is -2.02. The molecular formula is C7H11O3-. The van der Waals surface area contributed by atoms with Gasteiger partial charge in [-0.2, -0.15) is 0 Å². The fourth-order valence-electron chi connectivity index (χ4n) is 0.636. The Labute approximate surface area is 60.0 Å². The molecule has 0 aliphatic heterocycles. The van der Waals surface area contributed by atoms with Gasteiger partial charge in [-0.25, -0.2) is 0 Å². The molecule has 0 radical (unpaired) electrons. The summed E-state index contributed by atoms with van der Waals surface area (Å²) in [5, 5.41) is 9.87. The number of carboxylic acid groups (broad SMARTS) is 1. The van der Waals surface area contributed by atoms with E-state index in [9.17, 15) is 14.7 Å². The number of carboxylic acids is 1. The Bertz CT molecular complexity index is 120. The van der Waals surface area contributed by atoms with Crippen LogP contribution in [0.15, 0.2) is 0 Å². The van der Waals surface area contributed by atoms with Gasteiger partial charge in [0.15, 0.2) is 0 Å². The third-order valence-corrected chi connectivity index (χ3v) is 1.27. The van der Waals surface area contributed by atoms with Gasteiger partial charge in [0, 0.05) is 11.9 Å². The first-order valence-corrected chi connectivity index (χ1v) is 3.32. The summed E-state index contributed by atoms with van der Waals surface area (Å²) in [6, 6.07) is 0. The van der Waals surface area contributed by atoms with Gasteiger partial charge in [-0.1, -0.05) is 6.92 Å². The lowest BCUT2D eigenvalue weighted by atomic mass is 10.1. The molecule has 0 aromatic heterocycles. The molecule has 1 unspecified atom stereocenters. The van der Waals surface area contributed by atoms with E-state index in [1.807, 2.05) is 0 Å². The number of rotatable bonds is 5. The zero-order valence-corrected chi connectivity index (χ0v) is 6.00. The summed E-state index contributed by atoms with van der Waals surface area (Å²) in [6.07, 6.45) is 2.05.